The van der Waals surface area contributed by atoms with Gasteiger partial charge in [0.15, 0.2) is 0 Å². The molecule has 0 amide bonds. The molecule has 1 aliphatic rings. The van der Waals surface area contributed by atoms with Crippen molar-refractivity contribution in [2.75, 3.05) is 6.61 Å². The molecular weight excluding hydrogens is 234 g/mol. The third kappa shape index (κ3) is 3.06. The number of rotatable bonds is 3. The summed E-state index contributed by atoms with van der Waals surface area (Å²) in [6.07, 6.45) is 4.02. The van der Waals surface area contributed by atoms with Crippen molar-refractivity contribution in [3.05, 3.63) is 16.1 Å². The van der Waals surface area contributed by atoms with E-state index in [1.165, 1.54) is 5.01 Å². The molecule has 4 heteroatoms. The van der Waals surface area contributed by atoms with E-state index in [0.717, 1.165) is 31.4 Å². The van der Waals surface area contributed by atoms with Crippen LogP contribution in [0.3, 0.4) is 0 Å². The predicted molar refractivity (Wildman–Crippen MR) is 68.2 cm³/mol. The molecule has 17 heavy (non-hydrogen) atoms. The summed E-state index contributed by atoms with van der Waals surface area (Å²) in [4.78, 5) is 16.2. The van der Waals surface area contributed by atoms with Gasteiger partial charge in [0, 0.05) is 17.0 Å². The standard InChI is InChI=1S/C13H19NO2S/c1-3-16-13(15)11-6-4-10(5-7-11)12-14-9(2)8-17-12/h8,10-11H,3-7H2,1-2H3/t10-,11-. The fraction of sp³-hybridized carbons (Fsp3) is 0.692. The molecule has 0 radical (unpaired) electrons. The Labute approximate surface area is 106 Å². The molecule has 2 rings (SSSR count). The van der Waals surface area contributed by atoms with Crippen molar-refractivity contribution in [2.45, 2.75) is 45.4 Å². The van der Waals surface area contributed by atoms with E-state index in [9.17, 15) is 4.79 Å². The smallest absolute Gasteiger partial charge is 0.308 e. The van der Waals surface area contributed by atoms with E-state index in [1.54, 1.807) is 11.3 Å². The molecule has 0 saturated heterocycles. The molecule has 94 valence electrons. The minimum absolute atomic E-state index is 0.0127. The molecule has 1 saturated carbocycles. The highest BCUT2D eigenvalue weighted by Crippen LogP contribution is 2.37. The molecule has 0 unspecified atom stereocenters. The zero-order chi connectivity index (χ0) is 12.3. The lowest BCUT2D eigenvalue weighted by molar-refractivity contribution is -0.149. The summed E-state index contributed by atoms with van der Waals surface area (Å²) >= 11 is 1.75. The van der Waals surface area contributed by atoms with Crippen molar-refractivity contribution in [3.8, 4) is 0 Å². The second kappa shape index (κ2) is 5.63. The first-order chi connectivity index (χ1) is 8.20. The van der Waals surface area contributed by atoms with Gasteiger partial charge in [-0.2, -0.15) is 0 Å². The molecule has 1 aromatic rings. The maximum absolute atomic E-state index is 11.6. The Morgan fingerprint density at radius 2 is 2.18 bits per heavy atom. The number of ether oxygens (including phenoxy) is 1. The first-order valence-corrected chi connectivity index (χ1v) is 7.17. The van der Waals surface area contributed by atoms with Gasteiger partial charge in [0.25, 0.3) is 0 Å². The lowest BCUT2D eigenvalue weighted by atomic mass is 9.82. The predicted octanol–water partition coefficient (Wildman–Crippen LogP) is 3.29. The van der Waals surface area contributed by atoms with Gasteiger partial charge < -0.3 is 4.74 Å². The van der Waals surface area contributed by atoms with Gasteiger partial charge in [-0.15, -0.1) is 11.3 Å². The fourth-order valence-electron chi connectivity index (χ4n) is 2.40. The van der Waals surface area contributed by atoms with Crippen LogP contribution < -0.4 is 0 Å². The monoisotopic (exact) mass is 253 g/mol. The second-order valence-electron chi connectivity index (χ2n) is 4.63. The molecular formula is C13H19NO2S. The summed E-state index contributed by atoms with van der Waals surface area (Å²) in [5.41, 5.74) is 1.11. The van der Waals surface area contributed by atoms with E-state index in [2.05, 4.69) is 10.4 Å². The van der Waals surface area contributed by atoms with Crippen molar-refractivity contribution < 1.29 is 9.53 Å². The van der Waals surface area contributed by atoms with Crippen LogP contribution in [0.1, 0.15) is 49.2 Å². The number of carbonyl (C=O) groups excluding carboxylic acids is 1. The molecule has 0 aromatic carbocycles. The van der Waals surface area contributed by atoms with Crippen LogP contribution in [0.2, 0.25) is 0 Å². The van der Waals surface area contributed by atoms with Gasteiger partial charge in [0.2, 0.25) is 0 Å². The molecule has 0 spiro atoms. The highest BCUT2D eigenvalue weighted by Gasteiger charge is 2.29. The first-order valence-electron chi connectivity index (χ1n) is 6.29. The molecule has 1 fully saturated rings. The van der Waals surface area contributed by atoms with Gasteiger partial charge in [-0.25, -0.2) is 4.98 Å². The van der Waals surface area contributed by atoms with Crippen molar-refractivity contribution in [1.29, 1.82) is 0 Å². The Kier molecular flexibility index (Phi) is 4.15. The molecule has 1 aliphatic carbocycles. The van der Waals surface area contributed by atoms with Gasteiger partial charge in [-0.3, -0.25) is 4.79 Å². The maximum atomic E-state index is 11.6. The summed E-state index contributed by atoms with van der Waals surface area (Å²) < 4.78 is 5.07. The van der Waals surface area contributed by atoms with Gasteiger partial charge in [0.05, 0.1) is 17.5 Å². The van der Waals surface area contributed by atoms with Crippen LogP contribution in [0.25, 0.3) is 0 Å². The van der Waals surface area contributed by atoms with Crippen LogP contribution in [0.4, 0.5) is 0 Å². The minimum atomic E-state index is -0.0127. The average molecular weight is 253 g/mol. The van der Waals surface area contributed by atoms with Gasteiger partial charge in [0.1, 0.15) is 0 Å². The Morgan fingerprint density at radius 1 is 1.47 bits per heavy atom. The zero-order valence-electron chi connectivity index (χ0n) is 10.4. The number of nitrogens with zero attached hydrogens (tertiary/aromatic N) is 1. The molecule has 3 nitrogen and oxygen atoms in total. The summed E-state index contributed by atoms with van der Waals surface area (Å²) in [5, 5.41) is 3.34. The highest BCUT2D eigenvalue weighted by atomic mass is 32.1. The average Bonchev–Trinajstić information content (AvgIpc) is 2.76. The zero-order valence-corrected chi connectivity index (χ0v) is 11.3. The third-order valence-corrected chi connectivity index (χ3v) is 4.46. The topological polar surface area (TPSA) is 39.2 Å². The Balaban J connectivity index is 1.88. The van der Waals surface area contributed by atoms with E-state index >= 15 is 0 Å². The van der Waals surface area contributed by atoms with Crippen molar-refractivity contribution in [1.82, 2.24) is 4.98 Å². The van der Waals surface area contributed by atoms with E-state index in [4.69, 9.17) is 4.74 Å². The molecule has 1 heterocycles. The third-order valence-electron chi connectivity index (χ3n) is 3.33. The van der Waals surface area contributed by atoms with Crippen LogP contribution in [0.15, 0.2) is 5.38 Å². The lowest BCUT2D eigenvalue weighted by Crippen LogP contribution is -2.23. The van der Waals surface area contributed by atoms with Crippen LogP contribution in [-0.2, 0) is 9.53 Å². The molecule has 0 bridgehead atoms. The Bertz CT molecular complexity index is 381. The van der Waals surface area contributed by atoms with Crippen LogP contribution in [0, 0.1) is 12.8 Å². The molecule has 0 atom stereocenters. The Hall–Kier alpha value is -0.900. The van der Waals surface area contributed by atoms with E-state index < -0.39 is 0 Å². The van der Waals surface area contributed by atoms with Gasteiger partial charge in [-0.1, -0.05) is 0 Å². The maximum Gasteiger partial charge on any atom is 0.308 e. The fourth-order valence-corrected chi connectivity index (χ4v) is 3.36. The normalized spacial score (nSPS) is 24.6. The lowest BCUT2D eigenvalue weighted by Gasteiger charge is -2.25. The summed E-state index contributed by atoms with van der Waals surface area (Å²) in [6.45, 7) is 4.39. The summed E-state index contributed by atoms with van der Waals surface area (Å²) in [5.74, 6) is 0.660. The summed E-state index contributed by atoms with van der Waals surface area (Å²) in [7, 11) is 0. The number of hydrogen-bond acceptors (Lipinski definition) is 4. The minimum Gasteiger partial charge on any atom is -0.466 e. The number of esters is 1. The molecule has 0 N–H and O–H groups in total. The number of hydrogen-bond donors (Lipinski definition) is 0. The van der Waals surface area contributed by atoms with Crippen LogP contribution in [0.5, 0.6) is 0 Å². The van der Waals surface area contributed by atoms with E-state index in [0.29, 0.717) is 12.5 Å². The highest BCUT2D eigenvalue weighted by molar-refractivity contribution is 7.09. The molecule has 1 aromatic heterocycles. The van der Waals surface area contributed by atoms with Crippen molar-refractivity contribution in [3.63, 3.8) is 0 Å². The largest absolute Gasteiger partial charge is 0.466 e. The Morgan fingerprint density at radius 3 is 2.71 bits per heavy atom. The van der Waals surface area contributed by atoms with Crippen LogP contribution >= 0.6 is 11.3 Å². The van der Waals surface area contributed by atoms with Crippen LogP contribution in [-0.4, -0.2) is 17.6 Å². The number of thiazole rings is 1. The van der Waals surface area contributed by atoms with E-state index in [1.807, 2.05) is 13.8 Å². The van der Waals surface area contributed by atoms with Gasteiger partial charge >= 0.3 is 5.97 Å². The van der Waals surface area contributed by atoms with Crippen molar-refractivity contribution in [2.24, 2.45) is 5.92 Å². The number of aromatic nitrogens is 1. The number of aryl methyl sites for hydroxylation is 1. The molecule has 0 aliphatic heterocycles. The van der Waals surface area contributed by atoms with E-state index in [-0.39, 0.29) is 11.9 Å². The summed E-state index contributed by atoms with van der Waals surface area (Å²) in [6, 6.07) is 0. The van der Waals surface area contributed by atoms with Crippen molar-refractivity contribution >= 4 is 17.3 Å². The van der Waals surface area contributed by atoms with Gasteiger partial charge in [-0.05, 0) is 39.5 Å². The SMILES string of the molecule is CCOC(=O)[C@H]1CC[C@H](c2nc(C)cs2)CC1. The number of carbonyl (C=O) groups is 1. The second-order valence-corrected chi connectivity index (χ2v) is 5.52. The quantitative estimate of drug-likeness (QED) is 0.776. The first kappa shape index (κ1) is 12.6.